The van der Waals surface area contributed by atoms with Crippen LogP contribution in [0.3, 0.4) is 0 Å². The fourth-order valence-electron chi connectivity index (χ4n) is 3.95. The van der Waals surface area contributed by atoms with Gasteiger partial charge in [-0.1, -0.05) is 26.0 Å². The van der Waals surface area contributed by atoms with Crippen LogP contribution in [0.5, 0.6) is 5.75 Å². The first kappa shape index (κ1) is 15.0. The average molecular weight is 323 g/mol. The van der Waals surface area contributed by atoms with Crippen LogP contribution in [-0.2, 0) is 4.79 Å². The molecule has 1 aromatic carbocycles. The fraction of sp³-hybridized carbons (Fsp3) is 0.368. The zero-order chi connectivity index (χ0) is 17.1. The van der Waals surface area contributed by atoms with Gasteiger partial charge < -0.3 is 10.4 Å². The highest BCUT2D eigenvalue weighted by atomic mass is 16.3. The number of aromatic nitrogens is 2. The van der Waals surface area contributed by atoms with Gasteiger partial charge in [-0.05, 0) is 36.5 Å². The SMILES string of the molecule is Cc1[nH]nc2c1[C@H](c1ccc(O)cc1)C1=C(CC(C)(C)CC1=O)N2. The zero-order valence-corrected chi connectivity index (χ0v) is 14.1. The molecule has 1 aromatic heterocycles. The number of aromatic hydroxyl groups is 1. The van der Waals surface area contributed by atoms with Crippen molar-refractivity contribution in [3.8, 4) is 5.75 Å². The van der Waals surface area contributed by atoms with Crippen LogP contribution < -0.4 is 5.32 Å². The minimum Gasteiger partial charge on any atom is -0.508 e. The predicted molar refractivity (Wildman–Crippen MR) is 91.9 cm³/mol. The summed E-state index contributed by atoms with van der Waals surface area (Å²) in [4.78, 5) is 13.0. The molecule has 0 spiro atoms. The Morgan fingerprint density at radius 1 is 1.21 bits per heavy atom. The molecule has 124 valence electrons. The molecule has 5 nitrogen and oxygen atoms in total. The van der Waals surface area contributed by atoms with E-state index in [4.69, 9.17) is 0 Å². The van der Waals surface area contributed by atoms with Crippen LogP contribution in [-0.4, -0.2) is 21.1 Å². The van der Waals surface area contributed by atoms with Crippen LogP contribution >= 0.6 is 0 Å². The molecule has 24 heavy (non-hydrogen) atoms. The first-order chi connectivity index (χ1) is 11.4. The highest BCUT2D eigenvalue weighted by Crippen LogP contribution is 2.49. The lowest BCUT2D eigenvalue weighted by atomic mass is 9.69. The largest absolute Gasteiger partial charge is 0.508 e. The van der Waals surface area contributed by atoms with E-state index in [-0.39, 0.29) is 22.9 Å². The number of Topliss-reactive ketones (excluding diaryl/α,β-unsaturated/α-hetero) is 1. The van der Waals surface area contributed by atoms with E-state index >= 15 is 0 Å². The summed E-state index contributed by atoms with van der Waals surface area (Å²) in [6.45, 7) is 6.22. The third-order valence-electron chi connectivity index (χ3n) is 4.99. The molecule has 0 amide bonds. The normalized spacial score (nSPS) is 22.0. The molecule has 0 radical (unpaired) electrons. The van der Waals surface area contributed by atoms with Gasteiger partial charge >= 0.3 is 0 Å². The Labute approximate surface area is 140 Å². The van der Waals surface area contributed by atoms with E-state index in [1.54, 1.807) is 12.1 Å². The van der Waals surface area contributed by atoms with Crippen LogP contribution in [0.25, 0.3) is 0 Å². The number of phenols is 1. The second kappa shape index (κ2) is 4.97. The molecule has 1 aliphatic heterocycles. The third kappa shape index (κ3) is 2.23. The molecule has 0 saturated heterocycles. The number of benzene rings is 1. The van der Waals surface area contributed by atoms with Crippen LogP contribution in [0, 0.1) is 12.3 Å². The van der Waals surface area contributed by atoms with Gasteiger partial charge in [0, 0.05) is 34.9 Å². The van der Waals surface area contributed by atoms with Crippen molar-refractivity contribution in [1.82, 2.24) is 10.2 Å². The van der Waals surface area contributed by atoms with Crippen LogP contribution in [0.4, 0.5) is 5.82 Å². The topological polar surface area (TPSA) is 78.0 Å². The number of hydrogen-bond acceptors (Lipinski definition) is 4. The number of H-pyrrole nitrogens is 1. The number of phenolic OH excluding ortho intramolecular Hbond substituents is 1. The lowest BCUT2D eigenvalue weighted by Gasteiger charge is -2.38. The number of nitrogens with one attached hydrogen (secondary N) is 2. The van der Waals surface area contributed by atoms with E-state index in [1.165, 1.54) is 0 Å². The maximum absolute atomic E-state index is 13.0. The smallest absolute Gasteiger partial charge is 0.162 e. The quantitative estimate of drug-likeness (QED) is 0.749. The van der Waals surface area contributed by atoms with Crippen molar-refractivity contribution in [1.29, 1.82) is 0 Å². The van der Waals surface area contributed by atoms with Crippen molar-refractivity contribution >= 4 is 11.6 Å². The van der Waals surface area contributed by atoms with E-state index in [0.717, 1.165) is 40.3 Å². The lowest BCUT2D eigenvalue weighted by Crippen LogP contribution is -2.33. The summed E-state index contributed by atoms with van der Waals surface area (Å²) in [7, 11) is 0. The summed E-state index contributed by atoms with van der Waals surface area (Å²) < 4.78 is 0. The summed E-state index contributed by atoms with van der Waals surface area (Å²) in [6, 6.07) is 7.12. The van der Waals surface area contributed by atoms with E-state index in [9.17, 15) is 9.90 Å². The van der Waals surface area contributed by atoms with Gasteiger partial charge in [-0.3, -0.25) is 9.89 Å². The van der Waals surface area contributed by atoms with Crippen LogP contribution in [0.15, 0.2) is 35.5 Å². The molecule has 4 rings (SSSR count). The molecule has 3 N–H and O–H groups in total. The van der Waals surface area contributed by atoms with Gasteiger partial charge in [0.1, 0.15) is 5.75 Å². The minimum atomic E-state index is -0.140. The van der Waals surface area contributed by atoms with Gasteiger partial charge in [-0.15, -0.1) is 0 Å². The van der Waals surface area contributed by atoms with Gasteiger partial charge in [0.25, 0.3) is 0 Å². The monoisotopic (exact) mass is 323 g/mol. The number of carbonyl (C=O) groups excluding carboxylic acids is 1. The molecular formula is C19H21N3O2. The van der Waals surface area contributed by atoms with Gasteiger partial charge in [-0.2, -0.15) is 5.10 Å². The van der Waals surface area contributed by atoms with Crippen molar-refractivity contribution in [3.05, 3.63) is 52.4 Å². The Morgan fingerprint density at radius 3 is 2.62 bits per heavy atom. The second-order valence-corrected chi connectivity index (χ2v) is 7.59. The second-order valence-electron chi connectivity index (χ2n) is 7.59. The average Bonchev–Trinajstić information content (AvgIpc) is 2.86. The summed E-state index contributed by atoms with van der Waals surface area (Å²) in [5, 5.41) is 20.4. The Kier molecular flexibility index (Phi) is 3.10. The number of fused-ring (bicyclic) bond motifs is 1. The molecule has 0 fully saturated rings. The summed E-state index contributed by atoms with van der Waals surface area (Å²) in [5.74, 6) is 1.08. The maximum Gasteiger partial charge on any atom is 0.162 e. The van der Waals surface area contributed by atoms with Crippen molar-refractivity contribution in [2.75, 3.05) is 5.32 Å². The number of aromatic amines is 1. The number of carbonyl (C=O) groups is 1. The van der Waals surface area contributed by atoms with Crippen LogP contribution in [0.1, 0.15) is 49.4 Å². The summed E-state index contributed by atoms with van der Waals surface area (Å²) in [5.41, 5.74) is 4.75. The van der Waals surface area contributed by atoms with E-state index in [2.05, 4.69) is 29.4 Å². The van der Waals surface area contributed by atoms with E-state index < -0.39 is 0 Å². The number of rotatable bonds is 1. The molecule has 2 aromatic rings. The molecule has 2 aliphatic rings. The fourth-order valence-corrected chi connectivity index (χ4v) is 3.95. The van der Waals surface area contributed by atoms with Gasteiger partial charge in [-0.25, -0.2) is 0 Å². The van der Waals surface area contributed by atoms with E-state index in [0.29, 0.717) is 6.42 Å². The molecule has 2 heterocycles. The lowest BCUT2D eigenvalue weighted by molar-refractivity contribution is -0.118. The third-order valence-corrected chi connectivity index (χ3v) is 4.99. The number of allylic oxidation sites excluding steroid dienone is 2. The first-order valence-electron chi connectivity index (χ1n) is 8.23. The molecule has 5 heteroatoms. The molecule has 1 atom stereocenters. The minimum absolute atomic E-state index is 0.0503. The zero-order valence-electron chi connectivity index (χ0n) is 14.1. The number of anilines is 1. The molecule has 1 aliphatic carbocycles. The highest BCUT2D eigenvalue weighted by Gasteiger charge is 2.42. The number of aryl methyl sites for hydroxylation is 1. The highest BCUT2D eigenvalue weighted by molar-refractivity contribution is 6.01. The summed E-state index contributed by atoms with van der Waals surface area (Å²) >= 11 is 0. The molecule has 0 bridgehead atoms. The van der Waals surface area contributed by atoms with Crippen molar-refractivity contribution in [3.63, 3.8) is 0 Å². The number of ketones is 1. The van der Waals surface area contributed by atoms with E-state index in [1.807, 2.05) is 19.1 Å². The van der Waals surface area contributed by atoms with Crippen molar-refractivity contribution < 1.29 is 9.90 Å². The Hall–Kier alpha value is -2.56. The van der Waals surface area contributed by atoms with Crippen molar-refractivity contribution in [2.24, 2.45) is 5.41 Å². The van der Waals surface area contributed by atoms with Gasteiger partial charge in [0.15, 0.2) is 11.6 Å². The van der Waals surface area contributed by atoms with Crippen molar-refractivity contribution in [2.45, 2.75) is 39.5 Å². The molecular weight excluding hydrogens is 302 g/mol. The standard InChI is InChI=1S/C19H21N3O2/c1-10-15-16(11-4-6-12(23)7-5-11)17-13(20-18(15)22-21-10)8-19(2,3)9-14(17)24/h4-7,16,23H,8-9H2,1-3H3,(H2,20,21,22)/t16-/m0/s1. The van der Waals surface area contributed by atoms with Gasteiger partial charge in [0.05, 0.1) is 0 Å². The van der Waals surface area contributed by atoms with Crippen LogP contribution in [0.2, 0.25) is 0 Å². The molecule has 0 unspecified atom stereocenters. The Morgan fingerprint density at radius 2 is 1.92 bits per heavy atom. The van der Waals surface area contributed by atoms with Gasteiger partial charge in [0.2, 0.25) is 0 Å². The Balaban J connectivity index is 1.93. The predicted octanol–water partition coefficient (Wildman–Crippen LogP) is 3.62. The number of nitrogens with zero attached hydrogens (tertiary/aromatic N) is 1. The Bertz CT molecular complexity index is 859. The first-order valence-corrected chi connectivity index (χ1v) is 8.23. The number of hydrogen-bond donors (Lipinski definition) is 3. The molecule has 0 saturated carbocycles. The summed E-state index contributed by atoms with van der Waals surface area (Å²) in [6.07, 6.45) is 1.38. The maximum atomic E-state index is 13.0.